The maximum absolute atomic E-state index is 12.4. The van der Waals surface area contributed by atoms with Crippen LogP contribution in [-0.4, -0.2) is 43.6 Å². The van der Waals surface area contributed by atoms with Crippen molar-refractivity contribution in [3.63, 3.8) is 0 Å². The van der Waals surface area contributed by atoms with Gasteiger partial charge in [0.1, 0.15) is 5.75 Å². The van der Waals surface area contributed by atoms with E-state index < -0.39 is 12.1 Å². The van der Waals surface area contributed by atoms with Crippen molar-refractivity contribution in [2.24, 2.45) is 17.8 Å². The van der Waals surface area contributed by atoms with Crippen LogP contribution in [0.25, 0.3) is 0 Å². The molecule has 38 heavy (non-hydrogen) atoms. The van der Waals surface area contributed by atoms with Gasteiger partial charge in [0, 0.05) is 17.8 Å². The van der Waals surface area contributed by atoms with Crippen molar-refractivity contribution in [2.45, 2.75) is 46.2 Å². The van der Waals surface area contributed by atoms with Gasteiger partial charge in [0.25, 0.3) is 0 Å². The van der Waals surface area contributed by atoms with E-state index in [1.54, 1.807) is 31.4 Å². The average Bonchev–Trinajstić information content (AvgIpc) is 2.96. The second-order valence-electron chi connectivity index (χ2n) is 9.89. The Kier molecular flexibility index (Phi) is 11.8. The van der Waals surface area contributed by atoms with Crippen LogP contribution in [0, 0.1) is 17.8 Å². The van der Waals surface area contributed by atoms with Crippen molar-refractivity contribution in [1.82, 2.24) is 0 Å². The van der Waals surface area contributed by atoms with Crippen LogP contribution in [0.1, 0.15) is 42.3 Å². The summed E-state index contributed by atoms with van der Waals surface area (Å²) in [6.07, 6.45) is -1.02. The van der Waals surface area contributed by atoms with E-state index in [9.17, 15) is 9.90 Å². The Morgan fingerprint density at radius 3 is 2.00 bits per heavy atom. The molecule has 0 unspecified atom stereocenters. The molecule has 0 aromatic heterocycles. The average molecular weight is 521 g/mol. The number of aliphatic hydroxyl groups is 1. The third kappa shape index (κ3) is 8.98. The van der Waals surface area contributed by atoms with Crippen molar-refractivity contribution in [2.75, 3.05) is 20.3 Å². The van der Waals surface area contributed by atoms with E-state index in [1.165, 1.54) is 0 Å². The molecule has 0 fully saturated rings. The smallest absolute Gasteiger partial charge is 0.338 e. The summed E-state index contributed by atoms with van der Waals surface area (Å²) >= 11 is 0. The first kappa shape index (κ1) is 29.4. The summed E-state index contributed by atoms with van der Waals surface area (Å²) < 4.78 is 23.2. The van der Waals surface area contributed by atoms with Gasteiger partial charge in [0.15, 0.2) is 0 Å². The molecule has 0 spiro atoms. The van der Waals surface area contributed by atoms with Crippen LogP contribution in [0.2, 0.25) is 0 Å². The Morgan fingerprint density at radius 2 is 1.37 bits per heavy atom. The van der Waals surface area contributed by atoms with Gasteiger partial charge in [-0.05, 0) is 35.4 Å². The number of hydrogen-bond donors (Lipinski definition) is 1. The Balaban J connectivity index is 1.61. The predicted molar refractivity (Wildman–Crippen MR) is 148 cm³/mol. The Morgan fingerprint density at radius 1 is 0.763 bits per heavy atom. The largest absolute Gasteiger partial charge is 0.497 e. The molecule has 3 aromatic rings. The topological polar surface area (TPSA) is 74.2 Å². The van der Waals surface area contributed by atoms with E-state index in [0.29, 0.717) is 25.4 Å². The highest BCUT2D eigenvalue weighted by Gasteiger charge is 2.33. The Labute approximate surface area is 226 Å². The Hall–Kier alpha value is -3.19. The highest BCUT2D eigenvalue weighted by Crippen LogP contribution is 2.27. The number of hydrogen-bond acceptors (Lipinski definition) is 6. The molecule has 0 radical (unpaired) electrons. The molecule has 0 heterocycles. The van der Waals surface area contributed by atoms with Crippen LogP contribution in [0.5, 0.6) is 5.75 Å². The molecule has 3 aromatic carbocycles. The van der Waals surface area contributed by atoms with Crippen molar-refractivity contribution in [3.05, 3.63) is 102 Å². The maximum atomic E-state index is 12.4. The van der Waals surface area contributed by atoms with E-state index in [0.717, 1.165) is 16.9 Å². The van der Waals surface area contributed by atoms with Gasteiger partial charge in [-0.25, -0.2) is 4.79 Å². The maximum Gasteiger partial charge on any atom is 0.338 e. The summed E-state index contributed by atoms with van der Waals surface area (Å²) in [5.74, 6) is -0.0974. The van der Waals surface area contributed by atoms with Crippen molar-refractivity contribution < 1.29 is 28.8 Å². The molecule has 1 N–H and O–H groups in total. The molecule has 204 valence electrons. The summed E-state index contributed by atoms with van der Waals surface area (Å²) in [6, 6.07) is 26.7. The predicted octanol–water partition coefficient (Wildman–Crippen LogP) is 5.92. The van der Waals surface area contributed by atoms with Crippen LogP contribution in [0.3, 0.4) is 0 Å². The normalized spacial score (nSPS) is 15.2. The van der Waals surface area contributed by atoms with Gasteiger partial charge in [-0.1, -0.05) is 81.4 Å². The zero-order chi connectivity index (χ0) is 27.3. The molecule has 0 bridgehead atoms. The first-order chi connectivity index (χ1) is 18.4. The molecule has 6 heteroatoms. The fourth-order valence-corrected chi connectivity index (χ4v) is 4.46. The van der Waals surface area contributed by atoms with Crippen molar-refractivity contribution in [3.8, 4) is 5.75 Å². The number of aliphatic hydroxyl groups excluding tert-OH is 1. The third-order valence-corrected chi connectivity index (χ3v) is 6.78. The van der Waals surface area contributed by atoms with E-state index >= 15 is 0 Å². The minimum absolute atomic E-state index is 0.0145. The highest BCUT2D eigenvalue weighted by atomic mass is 16.5. The van der Waals surface area contributed by atoms with Crippen molar-refractivity contribution in [1.29, 1.82) is 0 Å². The lowest BCUT2D eigenvalue weighted by Gasteiger charge is -2.34. The minimum atomic E-state index is -0.740. The zero-order valence-corrected chi connectivity index (χ0v) is 22.8. The molecule has 0 saturated heterocycles. The SMILES string of the molecule is COc1ccc(CO[C@@H]([C@@H](C)[C@H](O)[C@H](C)COC(=O)c2ccccc2)[C@H](C)COCc2ccccc2)cc1. The molecule has 0 amide bonds. The number of ether oxygens (including phenoxy) is 4. The van der Waals surface area contributed by atoms with Gasteiger partial charge < -0.3 is 24.1 Å². The number of methoxy groups -OCH3 is 1. The van der Waals surface area contributed by atoms with Crippen LogP contribution in [0.15, 0.2) is 84.9 Å². The van der Waals surface area contributed by atoms with E-state index in [1.807, 2.05) is 74.5 Å². The standard InChI is InChI=1S/C32H40O6/c1-23(20-38-32(34)28-13-9-6-10-14-28)30(33)25(3)31(37-22-27-15-17-29(35-4)18-16-27)24(2)19-36-21-26-11-7-5-8-12-26/h5-18,23-25,30-31,33H,19-22H2,1-4H3/t23-,24-,25+,30-,31-/m1/s1. The molecule has 0 aliphatic carbocycles. The lowest BCUT2D eigenvalue weighted by Crippen LogP contribution is -2.41. The second-order valence-corrected chi connectivity index (χ2v) is 9.89. The highest BCUT2D eigenvalue weighted by molar-refractivity contribution is 5.89. The molecule has 0 aliphatic heterocycles. The molecular formula is C32H40O6. The van der Waals surface area contributed by atoms with Gasteiger partial charge >= 0.3 is 5.97 Å². The van der Waals surface area contributed by atoms with Crippen LogP contribution in [-0.2, 0) is 27.4 Å². The number of benzene rings is 3. The van der Waals surface area contributed by atoms with Gasteiger partial charge in [-0.15, -0.1) is 0 Å². The molecule has 5 atom stereocenters. The summed E-state index contributed by atoms with van der Waals surface area (Å²) in [6.45, 7) is 7.45. The number of rotatable bonds is 15. The van der Waals surface area contributed by atoms with Crippen LogP contribution >= 0.6 is 0 Å². The fraction of sp³-hybridized carbons (Fsp3) is 0.406. The second kappa shape index (κ2) is 15.3. The Bertz CT molecular complexity index is 1070. The number of carbonyl (C=O) groups is 1. The first-order valence-corrected chi connectivity index (χ1v) is 13.2. The van der Waals surface area contributed by atoms with E-state index in [4.69, 9.17) is 18.9 Å². The summed E-state index contributed by atoms with van der Waals surface area (Å²) in [5.41, 5.74) is 2.61. The van der Waals surface area contributed by atoms with Gasteiger partial charge in [0.05, 0.1) is 51.3 Å². The van der Waals surface area contributed by atoms with Crippen LogP contribution < -0.4 is 4.74 Å². The summed E-state index contributed by atoms with van der Waals surface area (Å²) in [4.78, 5) is 12.4. The van der Waals surface area contributed by atoms with Gasteiger partial charge in [-0.3, -0.25) is 0 Å². The zero-order valence-electron chi connectivity index (χ0n) is 22.8. The lowest BCUT2D eigenvalue weighted by molar-refractivity contribution is -0.0965. The molecule has 6 nitrogen and oxygen atoms in total. The molecule has 0 aliphatic rings. The lowest BCUT2D eigenvalue weighted by atomic mass is 9.84. The molecular weight excluding hydrogens is 480 g/mol. The third-order valence-electron chi connectivity index (χ3n) is 6.78. The van der Waals surface area contributed by atoms with E-state index in [2.05, 4.69) is 6.92 Å². The minimum Gasteiger partial charge on any atom is -0.497 e. The number of carbonyl (C=O) groups excluding carboxylic acids is 1. The summed E-state index contributed by atoms with van der Waals surface area (Å²) in [7, 11) is 1.64. The van der Waals surface area contributed by atoms with Crippen molar-refractivity contribution >= 4 is 5.97 Å². The number of esters is 1. The first-order valence-electron chi connectivity index (χ1n) is 13.2. The van der Waals surface area contributed by atoms with Gasteiger partial charge in [-0.2, -0.15) is 0 Å². The molecule has 0 saturated carbocycles. The van der Waals surface area contributed by atoms with Crippen LogP contribution in [0.4, 0.5) is 0 Å². The monoisotopic (exact) mass is 520 g/mol. The fourth-order valence-electron chi connectivity index (χ4n) is 4.46. The van der Waals surface area contributed by atoms with E-state index in [-0.39, 0.29) is 30.5 Å². The quantitative estimate of drug-likeness (QED) is 0.251. The molecule has 3 rings (SSSR count). The van der Waals surface area contributed by atoms with Gasteiger partial charge in [0.2, 0.25) is 0 Å². The summed E-state index contributed by atoms with van der Waals surface area (Å²) in [5, 5.41) is 11.2.